The van der Waals surface area contributed by atoms with Crippen LogP contribution < -0.4 is 9.64 Å². The highest BCUT2D eigenvalue weighted by molar-refractivity contribution is 5.81. The van der Waals surface area contributed by atoms with Crippen molar-refractivity contribution in [3.63, 3.8) is 0 Å². The fourth-order valence-corrected chi connectivity index (χ4v) is 4.32. The molecule has 1 unspecified atom stereocenters. The van der Waals surface area contributed by atoms with Gasteiger partial charge in [0.05, 0.1) is 19.4 Å². The Hall–Kier alpha value is -3.16. The minimum atomic E-state index is -0.0448. The van der Waals surface area contributed by atoms with Gasteiger partial charge in [-0.15, -0.1) is 0 Å². The molecule has 2 amide bonds. The zero-order chi connectivity index (χ0) is 21.6. The van der Waals surface area contributed by atoms with Gasteiger partial charge in [-0.3, -0.25) is 9.59 Å². The van der Waals surface area contributed by atoms with Crippen molar-refractivity contribution in [3.05, 3.63) is 48.3 Å². The Morgan fingerprint density at radius 3 is 2.52 bits per heavy atom. The van der Waals surface area contributed by atoms with Crippen LogP contribution in [-0.4, -0.2) is 78.0 Å². The summed E-state index contributed by atoms with van der Waals surface area (Å²) in [6.07, 6.45) is 5.65. The lowest BCUT2D eigenvalue weighted by atomic mass is 9.96. The average molecular weight is 424 g/mol. The fraction of sp³-hybridized carbons (Fsp3) is 0.478. The van der Waals surface area contributed by atoms with Gasteiger partial charge in [0.25, 0.3) is 0 Å². The third kappa shape index (κ3) is 5.13. The molecule has 0 saturated carbocycles. The predicted molar refractivity (Wildman–Crippen MR) is 117 cm³/mol. The van der Waals surface area contributed by atoms with E-state index in [2.05, 4.69) is 14.9 Å². The highest BCUT2D eigenvalue weighted by Gasteiger charge is 2.32. The smallest absolute Gasteiger partial charge is 0.227 e. The molecule has 31 heavy (non-hydrogen) atoms. The number of carbonyl (C=O) groups excluding carboxylic acids is 2. The van der Waals surface area contributed by atoms with Gasteiger partial charge in [-0.25, -0.2) is 9.97 Å². The summed E-state index contributed by atoms with van der Waals surface area (Å²) in [5.74, 6) is 1.67. The molecule has 1 aromatic carbocycles. The van der Waals surface area contributed by atoms with Crippen LogP contribution in [0.4, 0.5) is 5.95 Å². The Labute approximate surface area is 182 Å². The molecule has 2 aromatic rings. The first-order valence-electron chi connectivity index (χ1n) is 10.9. The second-order valence-electron chi connectivity index (χ2n) is 8.07. The highest BCUT2D eigenvalue weighted by atomic mass is 16.5. The standard InChI is InChI=1S/C23H29N5O3/c1-31-20-7-2-5-18(15-20)16-21(29)26-11-13-27(14-12-26)22(30)19-6-3-10-28(17-19)23-24-8-4-9-25-23/h2,4-5,7-9,15,19H,3,6,10-14,16-17H2,1H3. The molecule has 1 atom stereocenters. The van der Waals surface area contributed by atoms with Crippen LogP contribution in [0.15, 0.2) is 42.7 Å². The van der Waals surface area contributed by atoms with Gasteiger partial charge in [0.15, 0.2) is 0 Å². The largest absolute Gasteiger partial charge is 0.497 e. The monoisotopic (exact) mass is 423 g/mol. The minimum Gasteiger partial charge on any atom is -0.497 e. The number of rotatable bonds is 5. The Kier molecular flexibility index (Phi) is 6.64. The van der Waals surface area contributed by atoms with Crippen LogP contribution in [0.25, 0.3) is 0 Å². The van der Waals surface area contributed by atoms with Gasteiger partial charge in [-0.1, -0.05) is 12.1 Å². The average Bonchev–Trinajstić information content (AvgIpc) is 2.84. The Morgan fingerprint density at radius 2 is 1.77 bits per heavy atom. The van der Waals surface area contributed by atoms with Crippen LogP contribution in [0.5, 0.6) is 5.75 Å². The molecule has 0 radical (unpaired) electrons. The third-order valence-electron chi connectivity index (χ3n) is 6.04. The van der Waals surface area contributed by atoms with Gasteiger partial charge in [0.1, 0.15) is 5.75 Å². The Bertz CT molecular complexity index is 899. The second-order valence-corrected chi connectivity index (χ2v) is 8.07. The van der Waals surface area contributed by atoms with E-state index in [1.165, 1.54) is 0 Å². The van der Waals surface area contributed by atoms with Crippen LogP contribution >= 0.6 is 0 Å². The summed E-state index contributed by atoms with van der Waals surface area (Å²) in [5, 5.41) is 0. The van der Waals surface area contributed by atoms with E-state index in [1.54, 1.807) is 25.6 Å². The van der Waals surface area contributed by atoms with E-state index in [4.69, 9.17) is 4.74 Å². The summed E-state index contributed by atoms with van der Waals surface area (Å²) >= 11 is 0. The van der Waals surface area contributed by atoms with Gasteiger partial charge < -0.3 is 19.4 Å². The summed E-state index contributed by atoms with van der Waals surface area (Å²) in [7, 11) is 1.62. The summed E-state index contributed by atoms with van der Waals surface area (Å²) < 4.78 is 5.24. The number of ether oxygens (including phenoxy) is 1. The van der Waals surface area contributed by atoms with E-state index in [0.717, 1.165) is 30.7 Å². The Morgan fingerprint density at radius 1 is 1.03 bits per heavy atom. The first-order valence-corrected chi connectivity index (χ1v) is 10.9. The molecule has 4 rings (SSSR count). The van der Waals surface area contributed by atoms with Crippen molar-refractivity contribution in [1.82, 2.24) is 19.8 Å². The number of piperidine rings is 1. The molecule has 0 spiro atoms. The number of piperazine rings is 1. The van der Waals surface area contributed by atoms with E-state index in [1.807, 2.05) is 34.1 Å². The quantitative estimate of drug-likeness (QED) is 0.727. The molecule has 0 N–H and O–H groups in total. The number of methoxy groups -OCH3 is 1. The van der Waals surface area contributed by atoms with Crippen molar-refractivity contribution in [2.75, 3.05) is 51.3 Å². The van der Waals surface area contributed by atoms with Gasteiger partial charge >= 0.3 is 0 Å². The van der Waals surface area contributed by atoms with Crippen LogP contribution in [-0.2, 0) is 16.0 Å². The van der Waals surface area contributed by atoms with Crippen molar-refractivity contribution in [1.29, 1.82) is 0 Å². The molecule has 2 aliphatic heterocycles. The van der Waals surface area contributed by atoms with Crippen LogP contribution in [0.3, 0.4) is 0 Å². The van der Waals surface area contributed by atoms with Crippen LogP contribution in [0, 0.1) is 5.92 Å². The summed E-state index contributed by atoms with van der Waals surface area (Å²) in [6, 6.07) is 9.39. The van der Waals surface area contributed by atoms with E-state index >= 15 is 0 Å². The zero-order valence-corrected chi connectivity index (χ0v) is 17.9. The maximum Gasteiger partial charge on any atom is 0.227 e. The summed E-state index contributed by atoms with van der Waals surface area (Å²) in [5.41, 5.74) is 0.938. The number of nitrogens with zero attached hydrogens (tertiary/aromatic N) is 5. The van der Waals surface area contributed by atoms with Crippen LogP contribution in [0.1, 0.15) is 18.4 Å². The van der Waals surface area contributed by atoms with E-state index in [-0.39, 0.29) is 17.7 Å². The molecular weight excluding hydrogens is 394 g/mol. The second kappa shape index (κ2) is 9.76. The number of hydrogen-bond acceptors (Lipinski definition) is 6. The molecule has 2 saturated heterocycles. The summed E-state index contributed by atoms with van der Waals surface area (Å²) in [4.78, 5) is 40.3. The first kappa shape index (κ1) is 21.1. The van der Waals surface area contributed by atoms with Crippen molar-refractivity contribution in [2.24, 2.45) is 5.92 Å². The van der Waals surface area contributed by atoms with Crippen LogP contribution in [0.2, 0.25) is 0 Å². The molecule has 0 bridgehead atoms. The molecular formula is C23H29N5O3. The third-order valence-corrected chi connectivity index (χ3v) is 6.04. The highest BCUT2D eigenvalue weighted by Crippen LogP contribution is 2.22. The zero-order valence-electron chi connectivity index (χ0n) is 17.9. The fourth-order valence-electron chi connectivity index (χ4n) is 4.32. The number of carbonyl (C=O) groups is 2. The maximum atomic E-state index is 13.1. The van der Waals surface area contributed by atoms with Gasteiger partial charge in [0.2, 0.25) is 17.8 Å². The lowest BCUT2D eigenvalue weighted by molar-refractivity contribution is -0.142. The topological polar surface area (TPSA) is 78.9 Å². The molecule has 8 nitrogen and oxygen atoms in total. The van der Waals surface area contributed by atoms with Gasteiger partial charge in [-0.05, 0) is 36.6 Å². The van der Waals surface area contributed by atoms with Crippen molar-refractivity contribution < 1.29 is 14.3 Å². The van der Waals surface area contributed by atoms with E-state index < -0.39 is 0 Å². The maximum absolute atomic E-state index is 13.1. The number of benzene rings is 1. The lowest BCUT2D eigenvalue weighted by Crippen LogP contribution is -2.54. The normalized spacial score (nSPS) is 19.3. The molecule has 2 aliphatic rings. The van der Waals surface area contributed by atoms with Crippen molar-refractivity contribution in [2.45, 2.75) is 19.3 Å². The molecule has 1 aromatic heterocycles. The van der Waals surface area contributed by atoms with Gasteiger partial charge in [0, 0.05) is 51.7 Å². The number of anilines is 1. The first-order chi connectivity index (χ1) is 15.1. The number of hydrogen-bond donors (Lipinski definition) is 0. The number of amides is 2. The van der Waals surface area contributed by atoms with E-state index in [9.17, 15) is 9.59 Å². The lowest BCUT2D eigenvalue weighted by Gasteiger charge is -2.39. The van der Waals surface area contributed by atoms with Crippen molar-refractivity contribution in [3.8, 4) is 5.75 Å². The summed E-state index contributed by atoms with van der Waals surface area (Å²) in [6.45, 7) is 3.85. The Balaban J connectivity index is 1.29. The number of aromatic nitrogens is 2. The molecule has 8 heteroatoms. The molecule has 2 fully saturated rings. The predicted octanol–water partition coefficient (Wildman–Crippen LogP) is 1.62. The minimum absolute atomic E-state index is 0.0448. The molecule has 164 valence electrons. The van der Waals surface area contributed by atoms with Gasteiger partial charge in [-0.2, -0.15) is 0 Å². The SMILES string of the molecule is COc1cccc(CC(=O)N2CCN(C(=O)C3CCCN(c4ncccn4)C3)CC2)c1. The van der Waals surface area contributed by atoms with Crippen molar-refractivity contribution >= 4 is 17.8 Å². The molecule has 0 aliphatic carbocycles. The van der Waals surface area contributed by atoms with E-state index in [0.29, 0.717) is 45.1 Å². The molecule has 3 heterocycles.